The van der Waals surface area contributed by atoms with Crippen molar-refractivity contribution in [1.29, 1.82) is 0 Å². The maximum absolute atomic E-state index is 6.81. The molecular weight excluding hydrogens is 299 g/mol. The molecule has 0 saturated carbocycles. The molecule has 0 fully saturated rings. The van der Waals surface area contributed by atoms with Crippen molar-refractivity contribution in [2.24, 2.45) is 0 Å². The van der Waals surface area contributed by atoms with Crippen molar-refractivity contribution >= 4 is 41.1 Å². The summed E-state index contributed by atoms with van der Waals surface area (Å²) in [6.07, 6.45) is 0. The molecule has 12 heavy (non-hydrogen) atoms. The smallest absolute Gasteiger partial charge is 0.165 e. The second-order valence-corrected chi connectivity index (χ2v) is 14.5. The molecule has 0 aromatic heterocycles. The van der Waals surface area contributed by atoms with Crippen LogP contribution in [0, 0.1) is 0 Å². The highest BCUT2D eigenvalue weighted by molar-refractivity contribution is 14.1. The van der Waals surface area contributed by atoms with Gasteiger partial charge in [0.05, 0.1) is 0 Å². The Morgan fingerprint density at radius 1 is 1.00 bits per heavy atom. The molecule has 0 aromatic rings. The summed E-state index contributed by atoms with van der Waals surface area (Å²) in [5.74, 6) is 0. The zero-order valence-electron chi connectivity index (χ0n) is 8.96. The maximum atomic E-state index is 6.81. The first kappa shape index (κ1) is 13.2. The van der Waals surface area contributed by atoms with E-state index in [0.29, 0.717) is 0 Å². The van der Waals surface area contributed by atoms with E-state index in [2.05, 4.69) is 64.1 Å². The summed E-state index contributed by atoms with van der Waals surface area (Å²) in [7, 11) is -1.67. The first-order valence-corrected chi connectivity index (χ1v) is 9.05. The maximum Gasteiger partial charge on any atom is 0.176 e. The molecule has 0 aromatic carbocycles. The van der Waals surface area contributed by atoms with E-state index in [-0.39, 0.29) is 10.1 Å². The van der Waals surface area contributed by atoms with Gasteiger partial charge in [-0.1, -0.05) is 64.1 Å². The Hall–Kier alpha value is 1.24. The van der Waals surface area contributed by atoms with Crippen LogP contribution in [-0.2, 0) is 0 Å². The van der Waals surface area contributed by atoms with Crippen molar-refractivity contribution in [1.82, 2.24) is 0 Å². The third-order valence-corrected chi connectivity index (χ3v) is 16.3. The zero-order valence-corrected chi connectivity index (χ0v) is 12.9. The van der Waals surface area contributed by atoms with Gasteiger partial charge in [0.1, 0.15) is 0 Å². The average molecular weight is 319 g/mol. The lowest BCUT2D eigenvalue weighted by atomic mass is 10.2. The molecule has 0 spiro atoms. The van der Waals surface area contributed by atoms with Gasteiger partial charge in [0, 0.05) is 4.05 Å². The van der Waals surface area contributed by atoms with E-state index in [1.54, 1.807) is 0 Å². The van der Waals surface area contributed by atoms with Crippen LogP contribution in [0.3, 0.4) is 0 Å². The number of halogens is 2. The minimum absolute atomic E-state index is 0.286. The monoisotopic (exact) mass is 318 g/mol. The zero-order chi connectivity index (χ0) is 10.2. The summed E-state index contributed by atoms with van der Waals surface area (Å²) < 4.78 is 1.12. The van der Waals surface area contributed by atoms with Gasteiger partial charge in [-0.25, -0.2) is 0 Å². The normalized spacial score (nSPS) is 15.0. The number of rotatable bonds is 1. The number of hydrogen-bond donors (Lipinski definition) is 0. The second-order valence-electron chi connectivity index (χ2n) is 5.43. The van der Waals surface area contributed by atoms with Crippen LogP contribution < -0.4 is 0 Å². The lowest BCUT2D eigenvalue weighted by molar-refractivity contribution is 0.637. The van der Waals surface area contributed by atoms with Gasteiger partial charge in [0.25, 0.3) is 0 Å². The number of hydrogen-bond acceptors (Lipinski definition) is 0. The lowest BCUT2D eigenvalue weighted by Crippen LogP contribution is -2.48. The Labute approximate surface area is 96.3 Å². The van der Waals surface area contributed by atoms with Crippen molar-refractivity contribution in [2.75, 3.05) is 4.05 Å². The van der Waals surface area contributed by atoms with Crippen molar-refractivity contribution < 1.29 is 0 Å². The third-order valence-electron chi connectivity index (χ3n) is 2.56. The Kier molecular flexibility index (Phi) is 4.16. The van der Waals surface area contributed by atoms with Crippen molar-refractivity contribution in [3.05, 3.63) is 0 Å². The molecule has 0 rings (SSSR count). The third kappa shape index (κ3) is 2.38. The van der Waals surface area contributed by atoms with Crippen LogP contribution in [0.25, 0.3) is 0 Å². The summed E-state index contributed by atoms with van der Waals surface area (Å²) in [5, 5.41) is 0.571. The molecule has 0 aliphatic carbocycles. The molecular formula is C9H20ClISi. The highest BCUT2D eigenvalue weighted by atomic mass is 127. The molecule has 0 radical (unpaired) electrons. The molecule has 74 valence electrons. The topological polar surface area (TPSA) is 0 Å². The molecule has 0 N–H and O–H groups in total. The largest absolute Gasteiger partial charge is 0.176 e. The minimum atomic E-state index is -1.67. The fourth-order valence-electron chi connectivity index (χ4n) is 1.53. The molecule has 0 aliphatic rings. The van der Waals surface area contributed by atoms with Gasteiger partial charge in [0.2, 0.25) is 0 Å². The van der Waals surface area contributed by atoms with Gasteiger partial charge in [-0.05, 0) is 10.1 Å². The highest BCUT2D eigenvalue weighted by Gasteiger charge is 2.51. The van der Waals surface area contributed by atoms with Gasteiger partial charge in [0.15, 0.2) is 7.38 Å². The lowest BCUT2D eigenvalue weighted by Gasteiger charge is -2.45. The fourth-order valence-corrected chi connectivity index (χ4v) is 11.4. The molecule has 0 aliphatic heterocycles. The van der Waals surface area contributed by atoms with Crippen molar-refractivity contribution in [3.63, 3.8) is 0 Å². The van der Waals surface area contributed by atoms with Gasteiger partial charge in [-0.3, -0.25) is 0 Å². The fraction of sp³-hybridized carbons (Fsp3) is 1.00. The predicted octanol–water partition coefficient (Wildman–Crippen LogP) is 4.75. The van der Waals surface area contributed by atoms with Gasteiger partial charge in [-0.15, -0.1) is 0 Å². The summed E-state index contributed by atoms with van der Waals surface area (Å²) in [5.41, 5.74) is 0. The van der Waals surface area contributed by atoms with Gasteiger partial charge >= 0.3 is 0 Å². The standard InChI is InChI=1S/C9H20ClISi/c1-8(2,3)12(10,7-11)9(4,5)6/h7H2,1-6H3. The summed E-state index contributed by atoms with van der Waals surface area (Å²) in [4.78, 5) is 0. The van der Waals surface area contributed by atoms with E-state index in [1.165, 1.54) is 0 Å². The van der Waals surface area contributed by atoms with E-state index in [9.17, 15) is 0 Å². The van der Waals surface area contributed by atoms with Crippen LogP contribution in [0.15, 0.2) is 0 Å². The molecule has 0 nitrogen and oxygen atoms in total. The summed E-state index contributed by atoms with van der Waals surface area (Å²) >= 11 is 9.25. The first-order chi connectivity index (χ1) is 5.06. The van der Waals surface area contributed by atoms with Crippen LogP contribution in [0.5, 0.6) is 0 Å². The summed E-state index contributed by atoms with van der Waals surface area (Å²) in [6, 6.07) is 0. The van der Waals surface area contributed by atoms with E-state index in [0.717, 1.165) is 4.05 Å². The van der Waals surface area contributed by atoms with Crippen molar-refractivity contribution in [3.8, 4) is 0 Å². The Bertz CT molecular complexity index is 141. The molecule has 0 saturated heterocycles. The Morgan fingerprint density at radius 3 is 1.25 bits per heavy atom. The van der Waals surface area contributed by atoms with Crippen LogP contribution in [-0.4, -0.2) is 11.4 Å². The highest BCUT2D eigenvalue weighted by Crippen LogP contribution is 2.54. The quantitative estimate of drug-likeness (QED) is 0.283. The van der Waals surface area contributed by atoms with Crippen molar-refractivity contribution in [2.45, 2.75) is 51.6 Å². The number of alkyl halides is 1. The van der Waals surface area contributed by atoms with E-state index < -0.39 is 7.38 Å². The first-order valence-electron chi connectivity index (χ1n) is 4.31. The van der Waals surface area contributed by atoms with E-state index in [4.69, 9.17) is 11.1 Å². The molecule has 0 unspecified atom stereocenters. The predicted molar refractivity (Wildman–Crippen MR) is 69.9 cm³/mol. The van der Waals surface area contributed by atoms with E-state index in [1.807, 2.05) is 0 Å². The second kappa shape index (κ2) is 3.77. The van der Waals surface area contributed by atoms with E-state index >= 15 is 0 Å². The Balaban J connectivity index is 4.95. The van der Waals surface area contributed by atoms with Gasteiger partial charge < -0.3 is 0 Å². The van der Waals surface area contributed by atoms with Crippen LogP contribution >= 0.6 is 33.7 Å². The molecule has 3 heteroatoms. The minimum Gasteiger partial charge on any atom is -0.165 e. The Morgan fingerprint density at radius 2 is 1.25 bits per heavy atom. The molecule has 0 atom stereocenters. The molecule has 0 amide bonds. The summed E-state index contributed by atoms with van der Waals surface area (Å²) in [6.45, 7) is 13.6. The van der Waals surface area contributed by atoms with Crippen LogP contribution in [0.4, 0.5) is 0 Å². The molecule has 0 heterocycles. The van der Waals surface area contributed by atoms with Crippen LogP contribution in [0.1, 0.15) is 41.5 Å². The SMILES string of the molecule is CC(C)(C)[Si](Cl)(CI)C(C)(C)C. The average Bonchev–Trinajstić information content (AvgIpc) is 1.81. The van der Waals surface area contributed by atoms with Gasteiger partial charge in [-0.2, -0.15) is 11.1 Å². The molecule has 0 bridgehead atoms. The van der Waals surface area contributed by atoms with Crippen LogP contribution in [0.2, 0.25) is 10.1 Å².